The van der Waals surface area contributed by atoms with Crippen molar-refractivity contribution in [2.45, 2.75) is 63.6 Å². The Morgan fingerprint density at radius 2 is 1.71 bits per heavy atom. The fourth-order valence-corrected chi connectivity index (χ4v) is 5.46. The van der Waals surface area contributed by atoms with E-state index in [0.717, 1.165) is 59.7 Å². The number of ether oxygens (including phenoxy) is 3. The second-order valence-corrected chi connectivity index (χ2v) is 10.6. The zero-order valence-electron chi connectivity index (χ0n) is 22.4. The van der Waals surface area contributed by atoms with E-state index in [0.29, 0.717) is 18.1 Å². The minimum Gasteiger partial charge on any atom is -0.497 e. The first-order valence-electron chi connectivity index (χ1n) is 13.5. The van der Waals surface area contributed by atoms with Crippen LogP contribution in [0.4, 0.5) is 0 Å². The van der Waals surface area contributed by atoms with Crippen LogP contribution in [0.15, 0.2) is 36.2 Å². The smallest absolute Gasteiger partial charge is 0.255 e. The number of rotatable bonds is 10. The quantitative estimate of drug-likeness (QED) is 0.380. The molecule has 204 valence electrons. The topological polar surface area (TPSA) is 114 Å². The molecule has 0 radical (unpaired) electrons. The molecule has 0 saturated heterocycles. The van der Waals surface area contributed by atoms with Gasteiger partial charge in [0, 0.05) is 42.2 Å². The molecule has 3 aliphatic rings. The summed E-state index contributed by atoms with van der Waals surface area (Å²) in [5, 5.41) is 9.82. The number of carbonyl (C=O) groups is 2. The van der Waals surface area contributed by atoms with Gasteiger partial charge < -0.3 is 35.1 Å². The minimum absolute atomic E-state index is 0.0651. The lowest BCUT2D eigenvalue weighted by molar-refractivity contribution is -0.125. The van der Waals surface area contributed by atoms with Gasteiger partial charge in [0.2, 0.25) is 5.91 Å². The lowest BCUT2D eigenvalue weighted by Crippen LogP contribution is -2.45. The van der Waals surface area contributed by atoms with Crippen LogP contribution in [0.25, 0.3) is 5.57 Å². The van der Waals surface area contributed by atoms with Crippen LogP contribution in [-0.2, 0) is 14.3 Å². The number of benzene rings is 1. The van der Waals surface area contributed by atoms with Crippen molar-refractivity contribution in [3.8, 4) is 11.5 Å². The van der Waals surface area contributed by atoms with Crippen LogP contribution in [0.5, 0.6) is 11.5 Å². The van der Waals surface area contributed by atoms with Gasteiger partial charge in [0.1, 0.15) is 18.1 Å². The van der Waals surface area contributed by atoms with Gasteiger partial charge in [-0.15, -0.1) is 0 Å². The zero-order chi connectivity index (χ0) is 26.6. The number of hydrogen-bond acceptors (Lipinski definition) is 6. The number of hydrogen-bond donors (Lipinski definition) is 4. The highest BCUT2D eigenvalue weighted by molar-refractivity contribution is 6.20. The summed E-state index contributed by atoms with van der Waals surface area (Å²) < 4.78 is 16.6. The molecule has 2 amide bonds. The van der Waals surface area contributed by atoms with Crippen LogP contribution in [0, 0.1) is 5.92 Å². The van der Waals surface area contributed by atoms with Gasteiger partial charge >= 0.3 is 0 Å². The van der Waals surface area contributed by atoms with Crippen molar-refractivity contribution in [1.82, 2.24) is 20.9 Å². The van der Waals surface area contributed by atoms with Gasteiger partial charge in [-0.25, -0.2) is 0 Å². The fourth-order valence-electron chi connectivity index (χ4n) is 5.46. The van der Waals surface area contributed by atoms with Crippen molar-refractivity contribution in [3.63, 3.8) is 0 Å². The van der Waals surface area contributed by atoms with E-state index in [-0.39, 0.29) is 36.5 Å². The Labute approximate surface area is 223 Å². The molecule has 38 heavy (non-hydrogen) atoms. The van der Waals surface area contributed by atoms with Crippen LogP contribution in [0.1, 0.15) is 68.3 Å². The molecule has 1 unspecified atom stereocenters. The first-order valence-corrected chi connectivity index (χ1v) is 13.5. The Balaban J connectivity index is 1.30. The van der Waals surface area contributed by atoms with Crippen molar-refractivity contribution in [1.29, 1.82) is 0 Å². The zero-order valence-corrected chi connectivity index (χ0v) is 22.4. The van der Waals surface area contributed by atoms with E-state index in [9.17, 15) is 9.59 Å². The third-order valence-corrected chi connectivity index (χ3v) is 7.71. The number of methoxy groups -OCH3 is 2. The Bertz CT molecular complexity index is 1190. The first kappa shape index (κ1) is 26.2. The molecule has 2 heterocycles. The molecule has 2 saturated carbocycles. The molecular weight excluding hydrogens is 484 g/mol. The van der Waals surface area contributed by atoms with Crippen molar-refractivity contribution >= 4 is 17.4 Å². The van der Waals surface area contributed by atoms with Crippen molar-refractivity contribution in [2.75, 3.05) is 27.4 Å². The summed E-state index contributed by atoms with van der Waals surface area (Å²) in [5.74, 6) is 2.04. The second kappa shape index (κ2) is 11.5. The van der Waals surface area contributed by atoms with Crippen LogP contribution in [0.2, 0.25) is 0 Å². The van der Waals surface area contributed by atoms with E-state index in [1.54, 1.807) is 7.11 Å². The van der Waals surface area contributed by atoms with Crippen LogP contribution in [0.3, 0.4) is 0 Å². The molecule has 1 aliphatic heterocycles. The fraction of sp³-hybridized carbons (Fsp3) is 0.517. The molecule has 1 aromatic carbocycles. The third kappa shape index (κ3) is 5.83. The summed E-state index contributed by atoms with van der Waals surface area (Å²) in [4.78, 5) is 28.7. The Morgan fingerprint density at radius 3 is 2.39 bits per heavy atom. The maximum atomic E-state index is 13.5. The molecule has 0 bridgehead atoms. The molecule has 9 nitrogen and oxygen atoms in total. The summed E-state index contributed by atoms with van der Waals surface area (Å²) in [6.07, 6.45) is 7.60. The Hall–Kier alpha value is -3.46. The number of aromatic amines is 1. The van der Waals surface area contributed by atoms with Gasteiger partial charge in [-0.1, -0.05) is 0 Å². The average Bonchev–Trinajstić information content (AvgIpc) is 3.62. The van der Waals surface area contributed by atoms with Crippen molar-refractivity contribution in [3.05, 3.63) is 53.0 Å². The van der Waals surface area contributed by atoms with Crippen molar-refractivity contribution in [2.24, 2.45) is 5.92 Å². The maximum Gasteiger partial charge on any atom is 0.255 e. The van der Waals surface area contributed by atoms with Gasteiger partial charge in [0.25, 0.3) is 5.91 Å². The van der Waals surface area contributed by atoms with Gasteiger partial charge in [-0.05, 0) is 75.6 Å². The van der Waals surface area contributed by atoms with Gasteiger partial charge in [0.15, 0.2) is 0 Å². The third-order valence-electron chi connectivity index (χ3n) is 7.71. The van der Waals surface area contributed by atoms with Crippen LogP contribution >= 0.6 is 0 Å². The second-order valence-electron chi connectivity index (χ2n) is 10.6. The summed E-state index contributed by atoms with van der Waals surface area (Å²) >= 11 is 0. The van der Waals surface area contributed by atoms with Gasteiger partial charge in [0.05, 0.1) is 31.0 Å². The highest BCUT2D eigenvalue weighted by atomic mass is 16.5. The summed E-state index contributed by atoms with van der Waals surface area (Å²) in [6.45, 7) is 2.73. The first-order chi connectivity index (χ1) is 18.5. The number of carbonyl (C=O) groups excluding carboxylic acids is 2. The molecule has 9 heteroatoms. The number of H-pyrrole nitrogens is 1. The highest BCUT2D eigenvalue weighted by Crippen LogP contribution is 2.41. The lowest BCUT2D eigenvalue weighted by Gasteiger charge is -2.32. The Morgan fingerprint density at radius 1 is 0.974 bits per heavy atom. The number of fused-ring (bicyclic) bond motifs is 1. The molecule has 0 spiro atoms. The lowest BCUT2D eigenvalue weighted by atomic mass is 9.89. The molecule has 1 atom stereocenters. The van der Waals surface area contributed by atoms with E-state index >= 15 is 0 Å². The molecule has 2 aliphatic carbocycles. The summed E-state index contributed by atoms with van der Waals surface area (Å²) in [5.41, 5.74) is 4.23. The van der Waals surface area contributed by atoms with E-state index in [4.69, 9.17) is 14.2 Å². The van der Waals surface area contributed by atoms with Gasteiger partial charge in [-0.2, -0.15) is 0 Å². The average molecular weight is 523 g/mol. The largest absolute Gasteiger partial charge is 0.497 e. The monoisotopic (exact) mass is 522 g/mol. The number of aromatic nitrogens is 1. The van der Waals surface area contributed by atoms with Gasteiger partial charge in [-0.3, -0.25) is 9.59 Å². The van der Waals surface area contributed by atoms with Crippen molar-refractivity contribution < 1.29 is 23.8 Å². The minimum atomic E-state index is -0.178. The van der Waals surface area contributed by atoms with E-state index in [1.807, 2.05) is 37.4 Å². The van der Waals surface area contributed by atoms with Crippen LogP contribution in [-0.4, -0.2) is 56.3 Å². The molecule has 1 aromatic heterocycles. The molecule has 2 fully saturated rings. The normalized spacial score (nSPS) is 22.8. The Kier molecular flexibility index (Phi) is 7.93. The van der Waals surface area contributed by atoms with Crippen LogP contribution < -0.4 is 25.4 Å². The van der Waals surface area contributed by atoms with E-state index < -0.39 is 0 Å². The predicted octanol–water partition coefficient (Wildman–Crippen LogP) is 3.43. The maximum absolute atomic E-state index is 13.5. The standard InChI is InChI=1S/C29H38N4O5/c1-17-26(29(35)33-20-8-6-19(7-9-20)32-25(34)16-36-2)28-22(12-13-30-28)27(31-17)23-14-21(37-3)10-11-24(23)38-15-18-4-5-18/h10-14,18-20,27,30-31H,4-9,15-16H2,1-3H3,(H,32,34)(H,33,35). The van der Waals surface area contributed by atoms with E-state index in [2.05, 4.69) is 20.9 Å². The predicted molar refractivity (Wildman–Crippen MR) is 144 cm³/mol. The number of allylic oxidation sites excluding steroid dienone is 1. The number of nitrogens with one attached hydrogen (secondary N) is 4. The molecule has 4 N–H and O–H groups in total. The highest BCUT2D eigenvalue weighted by Gasteiger charge is 2.34. The number of amides is 2. The summed E-state index contributed by atoms with van der Waals surface area (Å²) in [7, 11) is 3.17. The molecular formula is C29H38N4O5. The van der Waals surface area contributed by atoms with E-state index in [1.165, 1.54) is 20.0 Å². The SMILES string of the molecule is COCC(=O)NC1CCC(NC(=O)C2=C(C)NC(c3cc(OC)ccc3OCC3CC3)c3cc[nH]c32)CC1. The summed E-state index contributed by atoms with van der Waals surface area (Å²) in [6, 6.07) is 7.94. The molecule has 5 rings (SSSR count). The molecule has 2 aromatic rings.